The maximum atomic E-state index is 10.8. The van der Waals surface area contributed by atoms with Gasteiger partial charge in [-0.05, 0) is 0 Å². The number of hydrogen-bond acceptors (Lipinski definition) is 1. The molecule has 0 atom stereocenters. The van der Waals surface area contributed by atoms with Crippen molar-refractivity contribution in [3.63, 3.8) is 0 Å². The first-order valence-electron chi connectivity index (χ1n) is 3.31. The minimum Gasteiger partial charge on any atom is -0.336 e. The van der Waals surface area contributed by atoms with Gasteiger partial charge >= 0.3 is 6.03 Å². The lowest BCUT2D eigenvalue weighted by Gasteiger charge is -2.10. The predicted molar refractivity (Wildman–Crippen MR) is 38.4 cm³/mol. The van der Waals surface area contributed by atoms with Gasteiger partial charge in [0.25, 0.3) is 0 Å². The molecule has 1 heterocycles. The number of terminal acetylenes is 1. The van der Waals surface area contributed by atoms with Crippen LogP contribution in [0.4, 0.5) is 4.79 Å². The van der Waals surface area contributed by atoms with Gasteiger partial charge in [-0.15, -0.1) is 12.3 Å². The highest BCUT2D eigenvalue weighted by atomic mass is 16.2. The smallest absolute Gasteiger partial charge is 0.317 e. The Morgan fingerprint density at radius 1 is 1.80 bits per heavy atom. The molecule has 0 radical (unpaired) electrons. The molecule has 0 saturated carbocycles. The summed E-state index contributed by atoms with van der Waals surface area (Å²) in [5.74, 6) is 2.49. The monoisotopic (exact) mass is 138 g/mol. The van der Waals surface area contributed by atoms with Crippen LogP contribution in [-0.2, 0) is 0 Å². The maximum Gasteiger partial charge on any atom is 0.317 e. The van der Waals surface area contributed by atoms with Crippen molar-refractivity contribution in [1.82, 2.24) is 10.2 Å². The highest BCUT2D eigenvalue weighted by Crippen LogP contribution is 1.96. The molecule has 0 aromatic carbocycles. The summed E-state index contributed by atoms with van der Waals surface area (Å²) in [5.41, 5.74) is 0. The Kier molecular flexibility index (Phi) is 2.16. The molecule has 1 N–H and O–H groups in total. The van der Waals surface area contributed by atoms with E-state index in [-0.39, 0.29) is 6.03 Å². The molecule has 0 unspecified atom stereocenters. The van der Waals surface area contributed by atoms with Gasteiger partial charge in [0.1, 0.15) is 0 Å². The minimum atomic E-state index is 0.00949. The second-order valence-electron chi connectivity index (χ2n) is 2.17. The van der Waals surface area contributed by atoms with Crippen molar-refractivity contribution >= 4 is 6.03 Å². The van der Waals surface area contributed by atoms with Crippen molar-refractivity contribution < 1.29 is 4.79 Å². The van der Waals surface area contributed by atoms with Gasteiger partial charge in [-0.2, -0.15) is 0 Å². The summed E-state index contributed by atoms with van der Waals surface area (Å²) in [7, 11) is 0. The van der Waals surface area contributed by atoms with Crippen molar-refractivity contribution in [2.75, 3.05) is 19.6 Å². The van der Waals surface area contributed by atoms with Crippen LogP contribution in [0.3, 0.4) is 0 Å². The molecule has 10 heavy (non-hydrogen) atoms. The number of nitrogens with one attached hydrogen (secondary N) is 1. The zero-order valence-electron chi connectivity index (χ0n) is 5.76. The molecule has 0 aromatic rings. The van der Waals surface area contributed by atoms with Gasteiger partial charge in [0.2, 0.25) is 0 Å². The van der Waals surface area contributed by atoms with E-state index in [0.717, 1.165) is 13.1 Å². The van der Waals surface area contributed by atoms with Gasteiger partial charge in [-0.3, -0.25) is 0 Å². The van der Waals surface area contributed by atoms with Crippen LogP contribution in [0.15, 0.2) is 0 Å². The van der Waals surface area contributed by atoms with Crippen LogP contribution in [-0.4, -0.2) is 30.6 Å². The highest BCUT2D eigenvalue weighted by molar-refractivity contribution is 5.76. The number of nitrogens with zero attached hydrogens (tertiary/aromatic N) is 1. The summed E-state index contributed by atoms with van der Waals surface area (Å²) in [5, 5.41) is 2.70. The zero-order valence-corrected chi connectivity index (χ0v) is 5.76. The lowest BCUT2D eigenvalue weighted by Crippen LogP contribution is -2.28. The van der Waals surface area contributed by atoms with Gasteiger partial charge in [-0.25, -0.2) is 4.79 Å². The lowest BCUT2D eigenvalue weighted by molar-refractivity contribution is 0.218. The van der Waals surface area contributed by atoms with E-state index < -0.39 is 0 Å². The van der Waals surface area contributed by atoms with Gasteiger partial charge in [0.05, 0.1) is 0 Å². The summed E-state index contributed by atoms with van der Waals surface area (Å²) < 4.78 is 0. The number of rotatable bonds is 2. The Morgan fingerprint density at radius 3 is 3.10 bits per heavy atom. The van der Waals surface area contributed by atoms with E-state index in [1.54, 1.807) is 4.90 Å². The van der Waals surface area contributed by atoms with Crippen molar-refractivity contribution in [3.8, 4) is 12.3 Å². The SMILES string of the molecule is C#CCCN1CCNC1=O. The summed E-state index contributed by atoms with van der Waals surface area (Å²) in [4.78, 5) is 12.5. The van der Waals surface area contributed by atoms with E-state index in [1.807, 2.05) is 0 Å². The van der Waals surface area contributed by atoms with E-state index in [9.17, 15) is 4.79 Å². The van der Waals surface area contributed by atoms with Crippen LogP contribution < -0.4 is 5.32 Å². The second kappa shape index (κ2) is 3.11. The van der Waals surface area contributed by atoms with E-state index >= 15 is 0 Å². The largest absolute Gasteiger partial charge is 0.336 e. The van der Waals surface area contributed by atoms with Gasteiger partial charge in [0.15, 0.2) is 0 Å². The first-order valence-corrected chi connectivity index (χ1v) is 3.31. The predicted octanol–water partition coefficient (Wildman–Crippen LogP) is 0.0349. The Hall–Kier alpha value is -1.17. The molecule has 0 aliphatic carbocycles. The van der Waals surface area contributed by atoms with Crippen molar-refractivity contribution in [1.29, 1.82) is 0 Å². The molecule has 54 valence electrons. The molecule has 3 nitrogen and oxygen atoms in total. The molecule has 0 bridgehead atoms. The normalized spacial score (nSPS) is 16.7. The fourth-order valence-electron chi connectivity index (χ4n) is 0.924. The number of carbonyl (C=O) groups excluding carboxylic acids is 1. The number of amides is 2. The second-order valence-corrected chi connectivity index (χ2v) is 2.17. The molecule has 0 spiro atoms. The number of urea groups is 1. The molecular formula is C7H10N2O. The molecule has 2 amide bonds. The fourth-order valence-corrected chi connectivity index (χ4v) is 0.924. The summed E-state index contributed by atoms with van der Waals surface area (Å²) >= 11 is 0. The van der Waals surface area contributed by atoms with Crippen molar-refractivity contribution in [2.24, 2.45) is 0 Å². The first kappa shape index (κ1) is 6.94. The van der Waals surface area contributed by atoms with Gasteiger partial charge < -0.3 is 10.2 Å². The standard InChI is InChI=1S/C7H10N2O/c1-2-3-5-9-6-4-8-7(9)10/h1H,3-6H2,(H,8,10). The quantitative estimate of drug-likeness (QED) is 0.537. The molecule has 3 heteroatoms. The molecule has 0 aromatic heterocycles. The number of hydrogen-bond donors (Lipinski definition) is 1. The number of carbonyl (C=O) groups is 1. The third-order valence-corrected chi connectivity index (χ3v) is 1.47. The third-order valence-electron chi connectivity index (χ3n) is 1.47. The Balaban J connectivity index is 2.28. The first-order chi connectivity index (χ1) is 4.84. The molecule has 1 rings (SSSR count). The molecule has 1 aliphatic heterocycles. The van der Waals surface area contributed by atoms with Crippen LogP contribution in [0.5, 0.6) is 0 Å². The Morgan fingerprint density at radius 2 is 2.60 bits per heavy atom. The Bertz CT molecular complexity index is 171. The maximum absolute atomic E-state index is 10.8. The lowest BCUT2D eigenvalue weighted by atomic mass is 10.4. The van der Waals surface area contributed by atoms with Gasteiger partial charge in [0, 0.05) is 26.1 Å². The fraction of sp³-hybridized carbons (Fsp3) is 0.571. The van der Waals surface area contributed by atoms with E-state index in [2.05, 4.69) is 11.2 Å². The van der Waals surface area contributed by atoms with E-state index in [4.69, 9.17) is 6.42 Å². The van der Waals surface area contributed by atoms with Crippen LogP contribution >= 0.6 is 0 Å². The van der Waals surface area contributed by atoms with Crippen LogP contribution in [0.2, 0.25) is 0 Å². The molecule has 1 fully saturated rings. The van der Waals surface area contributed by atoms with Gasteiger partial charge in [-0.1, -0.05) is 0 Å². The molecule has 1 saturated heterocycles. The summed E-state index contributed by atoms with van der Waals surface area (Å²) in [6, 6.07) is 0.00949. The molecular weight excluding hydrogens is 128 g/mol. The highest BCUT2D eigenvalue weighted by Gasteiger charge is 2.17. The van der Waals surface area contributed by atoms with E-state index in [0.29, 0.717) is 13.0 Å². The van der Waals surface area contributed by atoms with Crippen LogP contribution in [0.25, 0.3) is 0 Å². The van der Waals surface area contributed by atoms with Crippen molar-refractivity contribution in [3.05, 3.63) is 0 Å². The average molecular weight is 138 g/mol. The van der Waals surface area contributed by atoms with E-state index in [1.165, 1.54) is 0 Å². The third kappa shape index (κ3) is 1.41. The van der Waals surface area contributed by atoms with Crippen LogP contribution in [0.1, 0.15) is 6.42 Å². The average Bonchev–Trinajstić information content (AvgIpc) is 2.31. The Labute approximate surface area is 60.4 Å². The molecule has 1 aliphatic rings. The summed E-state index contributed by atoms with van der Waals surface area (Å²) in [6.07, 6.45) is 5.69. The summed E-state index contributed by atoms with van der Waals surface area (Å²) in [6.45, 7) is 2.23. The minimum absolute atomic E-state index is 0.00949. The van der Waals surface area contributed by atoms with Crippen LogP contribution in [0, 0.1) is 12.3 Å². The van der Waals surface area contributed by atoms with Crippen molar-refractivity contribution in [2.45, 2.75) is 6.42 Å². The topological polar surface area (TPSA) is 32.3 Å². The zero-order chi connectivity index (χ0) is 7.40.